The molecular weight excluding hydrogens is 387 g/mol. The molecule has 9 heteroatoms. The van der Waals surface area contributed by atoms with Gasteiger partial charge in [0.1, 0.15) is 18.0 Å². The zero-order chi connectivity index (χ0) is 21.1. The molecule has 0 saturated heterocycles. The van der Waals surface area contributed by atoms with Crippen LogP contribution < -0.4 is 0 Å². The van der Waals surface area contributed by atoms with Crippen molar-refractivity contribution in [3.63, 3.8) is 0 Å². The molecule has 0 fully saturated rings. The summed E-state index contributed by atoms with van der Waals surface area (Å²) in [5, 5.41) is 4.00. The number of halogens is 3. The molecule has 1 aromatic heterocycles. The van der Waals surface area contributed by atoms with E-state index in [-0.39, 0.29) is 23.9 Å². The first-order valence-corrected chi connectivity index (χ1v) is 9.21. The first-order chi connectivity index (χ1) is 13.9. The number of nitrogens with zero attached hydrogens (tertiary/aromatic N) is 3. The average Bonchev–Trinajstić information content (AvgIpc) is 2.70. The number of hydrogen-bond donors (Lipinski definition) is 0. The van der Waals surface area contributed by atoms with E-state index in [9.17, 15) is 18.0 Å². The topological polar surface area (TPSA) is 73.7 Å². The highest BCUT2D eigenvalue weighted by Crippen LogP contribution is 2.30. The van der Waals surface area contributed by atoms with Gasteiger partial charge in [-0.05, 0) is 38.3 Å². The summed E-state index contributed by atoms with van der Waals surface area (Å²) in [5.74, 6) is -0.235. The first-order valence-electron chi connectivity index (χ1n) is 9.21. The molecule has 0 unspecified atom stereocenters. The number of carbonyl (C=O) groups is 1. The molecule has 0 amide bonds. The maximum absolute atomic E-state index is 13.0. The molecule has 0 bridgehead atoms. The van der Waals surface area contributed by atoms with Crippen LogP contribution in [0.25, 0.3) is 0 Å². The van der Waals surface area contributed by atoms with Crippen LogP contribution in [-0.4, -0.2) is 34.9 Å². The Morgan fingerprint density at radius 2 is 2.00 bits per heavy atom. The number of unbranched alkanes of at least 4 members (excludes halogenated alkanes) is 2. The van der Waals surface area contributed by atoms with Crippen molar-refractivity contribution in [2.75, 3.05) is 13.2 Å². The van der Waals surface area contributed by atoms with Gasteiger partial charge in [-0.15, -0.1) is 0 Å². The summed E-state index contributed by atoms with van der Waals surface area (Å²) in [6.45, 7) is 2.37. The molecule has 1 aromatic carbocycles. The number of rotatable bonds is 10. The van der Waals surface area contributed by atoms with Gasteiger partial charge in [-0.2, -0.15) is 13.2 Å². The van der Waals surface area contributed by atoms with Crippen LogP contribution >= 0.6 is 0 Å². The fourth-order valence-corrected chi connectivity index (χ4v) is 2.47. The zero-order valence-corrected chi connectivity index (χ0v) is 16.0. The van der Waals surface area contributed by atoms with Crippen LogP contribution in [-0.2, 0) is 20.5 Å². The van der Waals surface area contributed by atoms with Crippen LogP contribution in [0.3, 0.4) is 0 Å². The summed E-state index contributed by atoms with van der Waals surface area (Å²) in [6, 6.07) is 4.79. The summed E-state index contributed by atoms with van der Waals surface area (Å²) in [6.07, 6.45) is 2.19. The molecule has 156 valence electrons. The molecule has 1 heterocycles. The van der Waals surface area contributed by atoms with E-state index < -0.39 is 11.7 Å². The van der Waals surface area contributed by atoms with Crippen molar-refractivity contribution in [1.82, 2.24) is 9.97 Å². The van der Waals surface area contributed by atoms with Gasteiger partial charge >= 0.3 is 12.1 Å². The minimum absolute atomic E-state index is 0.163. The highest BCUT2D eigenvalue weighted by molar-refractivity contribution is 6.11. The average molecular weight is 409 g/mol. The third-order valence-corrected chi connectivity index (χ3v) is 3.85. The number of carbonyl (C=O) groups excluding carboxylic acids is 1. The van der Waals surface area contributed by atoms with Gasteiger partial charge in [-0.1, -0.05) is 17.3 Å². The number of aromatic nitrogens is 2. The lowest BCUT2D eigenvalue weighted by molar-refractivity contribution is -0.143. The third kappa shape index (κ3) is 7.52. The lowest BCUT2D eigenvalue weighted by Gasteiger charge is -2.10. The lowest BCUT2D eigenvalue weighted by atomic mass is 10.0. The predicted molar refractivity (Wildman–Crippen MR) is 100 cm³/mol. The molecule has 0 radical (unpaired) electrons. The molecule has 0 spiro atoms. The van der Waals surface area contributed by atoms with Gasteiger partial charge in [0.25, 0.3) is 0 Å². The molecule has 0 saturated carbocycles. The number of hydrogen-bond acceptors (Lipinski definition) is 6. The van der Waals surface area contributed by atoms with Gasteiger partial charge < -0.3 is 9.57 Å². The Morgan fingerprint density at radius 3 is 2.69 bits per heavy atom. The normalized spacial score (nSPS) is 11.9. The second-order valence-electron chi connectivity index (χ2n) is 6.06. The Labute approximate surface area is 166 Å². The highest BCUT2D eigenvalue weighted by Gasteiger charge is 2.31. The van der Waals surface area contributed by atoms with E-state index in [4.69, 9.17) is 9.57 Å². The Kier molecular flexibility index (Phi) is 8.57. The van der Waals surface area contributed by atoms with Gasteiger partial charge in [0.15, 0.2) is 0 Å². The van der Waals surface area contributed by atoms with Crippen molar-refractivity contribution >= 4 is 11.7 Å². The third-order valence-electron chi connectivity index (χ3n) is 3.85. The molecule has 0 aliphatic rings. The van der Waals surface area contributed by atoms with Gasteiger partial charge in [0, 0.05) is 24.4 Å². The Bertz CT molecular complexity index is 811. The van der Waals surface area contributed by atoms with Crippen LogP contribution in [0.1, 0.15) is 49.4 Å². The second kappa shape index (κ2) is 11.1. The Balaban J connectivity index is 2.02. The van der Waals surface area contributed by atoms with Crippen LogP contribution in [0.2, 0.25) is 0 Å². The molecule has 0 aliphatic heterocycles. The fraction of sp³-hybridized carbons (Fsp3) is 0.400. The van der Waals surface area contributed by atoms with Crippen molar-refractivity contribution in [2.24, 2.45) is 5.16 Å². The number of benzene rings is 1. The van der Waals surface area contributed by atoms with E-state index in [2.05, 4.69) is 15.1 Å². The molecule has 2 aromatic rings. The van der Waals surface area contributed by atoms with Crippen molar-refractivity contribution in [1.29, 1.82) is 0 Å². The van der Waals surface area contributed by atoms with Crippen molar-refractivity contribution in [2.45, 2.75) is 38.8 Å². The van der Waals surface area contributed by atoms with Gasteiger partial charge in [-0.3, -0.25) is 14.8 Å². The van der Waals surface area contributed by atoms with Crippen molar-refractivity contribution < 1.29 is 27.5 Å². The minimum atomic E-state index is -4.47. The minimum Gasteiger partial charge on any atom is -0.466 e. The quantitative estimate of drug-likeness (QED) is 0.252. The second-order valence-corrected chi connectivity index (χ2v) is 6.06. The van der Waals surface area contributed by atoms with Gasteiger partial charge in [0.05, 0.1) is 18.4 Å². The Morgan fingerprint density at radius 1 is 1.17 bits per heavy atom. The zero-order valence-electron chi connectivity index (χ0n) is 16.0. The van der Waals surface area contributed by atoms with Crippen molar-refractivity contribution in [3.05, 3.63) is 59.7 Å². The van der Waals surface area contributed by atoms with E-state index in [1.165, 1.54) is 30.7 Å². The largest absolute Gasteiger partial charge is 0.466 e. The smallest absolute Gasteiger partial charge is 0.416 e. The molecule has 29 heavy (non-hydrogen) atoms. The molecule has 0 atom stereocenters. The Hall–Kier alpha value is -2.97. The molecular formula is C20H22F3N3O3. The van der Waals surface area contributed by atoms with Gasteiger partial charge in [0.2, 0.25) is 0 Å². The summed E-state index contributed by atoms with van der Waals surface area (Å²) in [5.41, 5.74) is -0.0990. The van der Waals surface area contributed by atoms with E-state index in [1.807, 2.05) is 0 Å². The van der Waals surface area contributed by atoms with E-state index in [1.54, 1.807) is 6.92 Å². The van der Waals surface area contributed by atoms with Crippen LogP contribution in [0, 0.1) is 0 Å². The van der Waals surface area contributed by atoms with E-state index in [0.29, 0.717) is 31.6 Å². The number of ether oxygens (including phenoxy) is 1. The lowest BCUT2D eigenvalue weighted by Crippen LogP contribution is -2.11. The predicted octanol–water partition coefficient (Wildman–Crippen LogP) is 4.39. The van der Waals surface area contributed by atoms with Crippen LogP contribution in [0.5, 0.6) is 0 Å². The first kappa shape index (κ1) is 22.3. The van der Waals surface area contributed by atoms with Crippen LogP contribution in [0.15, 0.2) is 48.0 Å². The maximum Gasteiger partial charge on any atom is 0.416 e. The maximum atomic E-state index is 13.0. The number of alkyl halides is 3. The summed E-state index contributed by atoms with van der Waals surface area (Å²) in [4.78, 5) is 24.6. The monoisotopic (exact) mass is 409 g/mol. The van der Waals surface area contributed by atoms with Gasteiger partial charge in [-0.25, -0.2) is 0 Å². The molecule has 2 rings (SSSR count). The van der Waals surface area contributed by atoms with E-state index in [0.717, 1.165) is 18.6 Å². The highest BCUT2D eigenvalue weighted by atomic mass is 19.4. The number of esters is 1. The standard InChI is InChI=1S/C20H22F3N3O3/c1-2-28-18(27)9-4-3-5-12-29-26-19(17-14-24-10-11-25-17)15-7-6-8-16(13-15)20(21,22)23/h6-8,10-11,13-14H,2-5,9,12H2,1H3/b26-19-. The van der Waals surface area contributed by atoms with Crippen LogP contribution in [0.4, 0.5) is 13.2 Å². The molecule has 6 nitrogen and oxygen atoms in total. The fourth-order valence-electron chi connectivity index (χ4n) is 2.47. The summed E-state index contributed by atoms with van der Waals surface area (Å²) in [7, 11) is 0. The molecule has 0 N–H and O–H groups in total. The summed E-state index contributed by atoms with van der Waals surface area (Å²) < 4.78 is 43.9. The number of oxime groups is 1. The van der Waals surface area contributed by atoms with Crippen molar-refractivity contribution in [3.8, 4) is 0 Å². The van der Waals surface area contributed by atoms with E-state index >= 15 is 0 Å². The summed E-state index contributed by atoms with van der Waals surface area (Å²) >= 11 is 0. The molecule has 0 aliphatic carbocycles. The SMILES string of the molecule is CCOC(=O)CCCCCO/N=C(/c1cccc(C(F)(F)F)c1)c1cnccn1.